The zero-order valence-corrected chi connectivity index (χ0v) is 10.8. The van der Waals surface area contributed by atoms with Crippen molar-refractivity contribution in [3.05, 3.63) is 54.6 Å². The Labute approximate surface area is 111 Å². The van der Waals surface area contributed by atoms with Gasteiger partial charge in [0.1, 0.15) is 6.33 Å². The Balaban J connectivity index is 2.02. The molecule has 0 aliphatic carbocycles. The highest BCUT2D eigenvalue weighted by Crippen LogP contribution is 2.18. The van der Waals surface area contributed by atoms with Crippen LogP contribution in [0.2, 0.25) is 0 Å². The highest BCUT2D eigenvalue weighted by molar-refractivity contribution is 5.77. The number of imidazole rings is 1. The molecule has 0 amide bonds. The van der Waals surface area contributed by atoms with Crippen molar-refractivity contribution in [1.29, 1.82) is 0 Å². The Morgan fingerprint density at radius 1 is 1.16 bits per heavy atom. The molecule has 4 heteroatoms. The van der Waals surface area contributed by atoms with Crippen LogP contribution in [0.15, 0.2) is 48.9 Å². The first-order valence-corrected chi connectivity index (χ1v) is 6.43. The molecule has 3 aromatic rings. The van der Waals surface area contributed by atoms with E-state index in [1.165, 1.54) is 0 Å². The fourth-order valence-electron chi connectivity index (χ4n) is 2.13. The van der Waals surface area contributed by atoms with Crippen LogP contribution in [0, 0.1) is 0 Å². The molecule has 2 aromatic heterocycles. The topological polar surface area (TPSA) is 56.7 Å². The van der Waals surface area contributed by atoms with Crippen molar-refractivity contribution in [3.63, 3.8) is 0 Å². The average Bonchev–Trinajstić information content (AvgIpc) is 2.90. The summed E-state index contributed by atoms with van der Waals surface area (Å²) in [4.78, 5) is 8.82. The molecular weight excluding hydrogens is 236 g/mol. The van der Waals surface area contributed by atoms with Gasteiger partial charge in [-0.1, -0.05) is 19.1 Å². The average molecular weight is 252 g/mol. The third kappa shape index (κ3) is 2.11. The Morgan fingerprint density at radius 2 is 2.00 bits per heavy atom. The molecule has 4 nitrogen and oxygen atoms in total. The highest BCUT2D eigenvalue weighted by atomic mass is 15.1. The summed E-state index contributed by atoms with van der Waals surface area (Å²) >= 11 is 0. The van der Waals surface area contributed by atoms with Gasteiger partial charge in [0.15, 0.2) is 0 Å². The fraction of sp³-hybridized carbons (Fsp3) is 0.200. The van der Waals surface area contributed by atoms with Crippen LogP contribution in [0.5, 0.6) is 0 Å². The maximum Gasteiger partial charge on any atom is 0.100 e. The van der Waals surface area contributed by atoms with Gasteiger partial charge in [-0.2, -0.15) is 0 Å². The summed E-state index contributed by atoms with van der Waals surface area (Å²) < 4.78 is 2.03. The van der Waals surface area contributed by atoms with Gasteiger partial charge in [0.25, 0.3) is 0 Å². The number of para-hydroxylation sites is 2. The second-order valence-corrected chi connectivity index (χ2v) is 4.56. The zero-order chi connectivity index (χ0) is 13.2. The molecule has 96 valence electrons. The minimum atomic E-state index is 0.00795. The standard InChI is InChI=1S/C15H16N4/c1-2-12(16)13-8-7-11(9-17-13)19-10-18-14-5-3-4-6-15(14)19/h3-10,12H,2,16H2,1H3. The summed E-state index contributed by atoms with van der Waals surface area (Å²) in [6.45, 7) is 2.06. The molecule has 19 heavy (non-hydrogen) atoms. The Bertz CT molecular complexity index is 685. The van der Waals surface area contributed by atoms with Crippen LogP contribution in [0.1, 0.15) is 25.1 Å². The number of rotatable bonds is 3. The van der Waals surface area contributed by atoms with E-state index < -0.39 is 0 Å². The van der Waals surface area contributed by atoms with Crippen molar-refractivity contribution < 1.29 is 0 Å². The Kier molecular flexibility index (Phi) is 3.01. The Hall–Kier alpha value is -2.20. The third-order valence-corrected chi connectivity index (χ3v) is 3.32. The number of benzene rings is 1. The quantitative estimate of drug-likeness (QED) is 0.779. The number of hydrogen-bond donors (Lipinski definition) is 1. The summed E-state index contributed by atoms with van der Waals surface area (Å²) in [6, 6.07) is 12.1. The van der Waals surface area contributed by atoms with Gasteiger partial charge in [-0.05, 0) is 30.7 Å². The largest absolute Gasteiger partial charge is 0.323 e. The van der Waals surface area contributed by atoms with Gasteiger partial charge in [-0.15, -0.1) is 0 Å². The molecule has 0 aliphatic heterocycles. The summed E-state index contributed by atoms with van der Waals surface area (Å²) in [5.41, 5.74) is 9.96. The van der Waals surface area contributed by atoms with Crippen molar-refractivity contribution in [1.82, 2.24) is 14.5 Å². The van der Waals surface area contributed by atoms with Gasteiger partial charge >= 0.3 is 0 Å². The number of pyridine rings is 1. The van der Waals surface area contributed by atoms with Crippen molar-refractivity contribution in [2.45, 2.75) is 19.4 Å². The molecule has 0 aliphatic rings. The maximum atomic E-state index is 5.97. The summed E-state index contributed by atoms with van der Waals surface area (Å²) in [7, 11) is 0. The van der Waals surface area contributed by atoms with Gasteiger partial charge in [0, 0.05) is 6.04 Å². The predicted octanol–water partition coefficient (Wildman–Crippen LogP) is 2.83. The molecule has 0 saturated heterocycles. The molecule has 0 radical (unpaired) electrons. The van der Waals surface area contributed by atoms with Crippen molar-refractivity contribution in [2.24, 2.45) is 5.73 Å². The number of aromatic nitrogens is 3. The van der Waals surface area contributed by atoms with Crippen molar-refractivity contribution in [3.8, 4) is 5.69 Å². The van der Waals surface area contributed by atoms with Crippen LogP contribution < -0.4 is 5.73 Å². The van der Waals surface area contributed by atoms with E-state index in [1.807, 2.05) is 53.5 Å². The second-order valence-electron chi connectivity index (χ2n) is 4.56. The summed E-state index contributed by atoms with van der Waals surface area (Å²) in [6.07, 6.45) is 4.56. The minimum absolute atomic E-state index is 0.00795. The summed E-state index contributed by atoms with van der Waals surface area (Å²) in [5, 5.41) is 0. The van der Waals surface area contributed by atoms with Crippen LogP contribution >= 0.6 is 0 Å². The molecule has 2 heterocycles. The van der Waals surface area contributed by atoms with E-state index in [0.29, 0.717) is 0 Å². The molecule has 1 aromatic carbocycles. The molecule has 0 saturated carbocycles. The van der Waals surface area contributed by atoms with Gasteiger partial charge in [-0.25, -0.2) is 4.98 Å². The zero-order valence-electron chi connectivity index (χ0n) is 10.8. The molecule has 0 spiro atoms. The van der Waals surface area contributed by atoms with Crippen molar-refractivity contribution >= 4 is 11.0 Å². The molecule has 0 fully saturated rings. The summed E-state index contributed by atoms with van der Waals surface area (Å²) in [5.74, 6) is 0. The molecule has 1 unspecified atom stereocenters. The lowest BCUT2D eigenvalue weighted by molar-refractivity contribution is 0.675. The van der Waals surface area contributed by atoms with Crippen LogP contribution in [-0.2, 0) is 0 Å². The Morgan fingerprint density at radius 3 is 2.74 bits per heavy atom. The van der Waals surface area contributed by atoms with E-state index >= 15 is 0 Å². The van der Waals surface area contributed by atoms with Crippen molar-refractivity contribution in [2.75, 3.05) is 0 Å². The van der Waals surface area contributed by atoms with E-state index in [0.717, 1.165) is 28.8 Å². The maximum absolute atomic E-state index is 5.97. The first-order chi connectivity index (χ1) is 9.29. The van der Waals surface area contributed by atoms with E-state index in [-0.39, 0.29) is 6.04 Å². The van der Waals surface area contributed by atoms with Gasteiger partial charge in [0.2, 0.25) is 0 Å². The van der Waals surface area contributed by atoms with E-state index in [9.17, 15) is 0 Å². The smallest absolute Gasteiger partial charge is 0.100 e. The van der Waals surface area contributed by atoms with Gasteiger partial charge in [-0.3, -0.25) is 9.55 Å². The van der Waals surface area contributed by atoms with Crippen LogP contribution in [0.3, 0.4) is 0 Å². The van der Waals surface area contributed by atoms with Crippen LogP contribution in [0.25, 0.3) is 16.7 Å². The third-order valence-electron chi connectivity index (χ3n) is 3.32. The lowest BCUT2D eigenvalue weighted by Crippen LogP contribution is -2.10. The number of nitrogens with zero attached hydrogens (tertiary/aromatic N) is 3. The predicted molar refractivity (Wildman–Crippen MR) is 76.1 cm³/mol. The molecule has 3 rings (SSSR count). The normalized spacial score (nSPS) is 12.7. The molecule has 0 bridgehead atoms. The lowest BCUT2D eigenvalue weighted by atomic mass is 10.1. The monoisotopic (exact) mass is 252 g/mol. The van der Waals surface area contributed by atoms with E-state index in [4.69, 9.17) is 5.73 Å². The first kappa shape index (κ1) is 11.9. The highest BCUT2D eigenvalue weighted by Gasteiger charge is 2.07. The van der Waals surface area contributed by atoms with Crippen LogP contribution in [-0.4, -0.2) is 14.5 Å². The van der Waals surface area contributed by atoms with Gasteiger partial charge < -0.3 is 5.73 Å². The molecular formula is C15H16N4. The van der Waals surface area contributed by atoms with E-state index in [1.54, 1.807) is 0 Å². The number of fused-ring (bicyclic) bond motifs is 1. The first-order valence-electron chi connectivity index (χ1n) is 6.43. The number of nitrogens with two attached hydrogens (primary N) is 1. The second kappa shape index (κ2) is 4.82. The van der Waals surface area contributed by atoms with E-state index in [2.05, 4.69) is 16.9 Å². The van der Waals surface area contributed by atoms with Gasteiger partial charge in [0.05, 0.1) is 28.6 Å². The SMILES string of the molecule is CCC(N)c1ccc(-n2cnc3ccccc32)cn1. The minimum Gasteiger partial charge on any atom is -0.323 e. The molecule has 1 atom stereocenters. The fourth-order valence-corrected chi connectivity index (χ4v) is 2.13. The van der Waals surface area contributed by atoms with Crippen LogP contribution in [0.4, 0.5) is 0 Å². The molecule has 2 N–H and O–H groups in total. The lowest BCUT2D eigenvalue weighted by Gasteiger charge is -2.09. The number of hydrogen-bond acceptors (Lipinski definition) is 3.